The molecule has 0 bridgehead atoms. The van der Waals surface area contributed by atoms with Gasteiger partial charge < -0.3 is 33.8 Å². The van der Waals surface area contributed by atoms with E-state index in [4.69, 9.17) is 23.8 Å². The molecule has 1 fully saturated rings. The minimum Gasteiger partial charge on any atom is -0.469 e. The second-order valence-electron chi connectivity index (χ2n) is 8.25. The first-order chi connectivity index (χ1) is 15.8. The molecule has 0 aromatic rings. The van der Waals surface area contributed by atoms with Crippen LogP contribution in [-0.2, 0) is 57.3 Å². The van der Waals surface area contributed by atoms with Crippen LogP contribution in [0.3, 0.4) is 0 Å². The predicted octanol–water partition coefficient (Wildman–Crippen LogP) is -1.63. The number of nitrogens with zero attached hydrogens (tertiary/aromatic N) is 1. The summed E-state index contributed by atoms with van der Waals surface area (Å²) in [4.78, 5) is 83.7. The van der Waals surface area contributed by atoms with Crippen LogP contribution < -0.4 is 5.32 Å². The van der Waals surface area contributed by atoms with Gasteiger partial charge in [-0.3, -0.25) is 9.59 Å². The number of carbonyl (C=O) groups excluding carboxylic acids is 6. The first kappa shape index (κ1) is 26.6. The van der Waals surface area contributed by atoms with Gasteiger partial charge in [-0.1, -0.05) is 5.06 Å². The van der Waals surface area contributed by atoms with Crippen molar-refractivity contribution in [1.29, 1.82) is 0 Å². The number of methoxy groups -OCH3 is 5. The second kappa shape index (κ2) is 8.93. The Bertz CT molecular complexity index is 981. The first-order valence-corrected chi connectivity index (χ1v) is 9.74. The predicted molar refractivity (Wildman–Crippen MR) is 107 cm³/mol. The number of hydrogen-bond acceptors (Lipinski definition) is 13. The lowest BCUT2D eigenvalue weighted by Gasteiger charge is -2.59. The van der Waals surface area contributed by atoms with Crippen molar-refractivity contribution in [2.24, 2.45) is 5.92 Å². The Morgan fingerprint density at radius 1 is 0.824 bits per heavy atom. The molecule has 3 atom stereocenters. The average molecular weight is 486 g/mol. The van der Waals surface area contributed by atoms with Gasteiger partial charge in [-0.05, 0) is 20.8 Å². The summed E-state index contributed by atoms with van der Waals surface area (Å²) in [5, 5.41) is 2.93. The maximum atomic E-state index is 13.5. The van der Waals surface area contributed by atoms with E-state index in [1.165, 1.54) is 0 Å². The monoisotopic (exact) mass is 486 g/mol. The normalized spacial score (nSPS) is 25.7. The topological polar surface area (TPSA) is 173 Å². The largest absolute Gasteiger partial charge is 0.469 e. The number of carbonyl (C=O) groups is 6. The molecule has 2 aliphatic heterocycles. The lowest BCUT2D eigenvalue weighted by Crippen LogP contribution is -2.90. The third-order valence-electron chi connectivity index (χ3n) is 5.29. The number of esters is 5. The van der Waals surface area contributed by atoms with Gasteiger partial charge in [-0.2, -0.15) is 0 Å². The van der Waals surface area contributed by atoms with Gasteiger partial charge in [0, 0.05) is 5.54 Å². The van der Waals surface area contributed by atoms with Crippen molar-refractivity contribution in [3.8, 4) is 0 Å². The van der Waals surface area contributed by atoms with E-state index < -0.39 is 69.6 Å². The van der Waals surface area contributed by atoms with Gasteiger partial charge in [0.25, 0.3) is 5.91 Å². The van der Waals surface area contributed by atoms with E-state index in [-0.39, 0.29) is 0 Å². The maximum absolute atomic E-state index is 13.5. The van der Waals surface area contributed by atoms with Crippen molar-refractivity contribution in [2.45, 2.75) is 37.4 Å². The van der Waals surface area contributed by atoms with Crippen LogP contribution in [0.4, 0.5) is 0 Å². The molecule has 0 aromatic heterocycles. The second-order valence-corrected chi connectivity index (χ2v) is 8.25. The quantitative estimate of drug-likeness (QED) is 0.258. The Kier molecular flexibility index (Phi) is 6.98. The molecular formula is C20H26N2O12. The van der Waals surface area contributed by atoms with Crippen LogP contribution in [0.25, 0.3) is 0 Å². The van der Waals surface area contributed by atoms with Gasteiger partial charge in [-0.15, -0.1) is 0 Å². The summed E-state index contributed by atoms with van der Waals surface area (Å²) in [5.74, 6) is -10.7. The molecule has 14 heteroatoms. The van der Waals surface area contributed by atoms with Gasteiger partial charge in [0.15, 0.2) is 0 Å². The number of amides is 1. The minimum atomic E-state index is -2.72. The molecule has 34 heavy (non-hydrogen) atoms. The van der Waals surface area contributed by atoms with Crippen LogP contribution in [0.1, 0.15) is 20.8 Å². The first-order valence-electron chi connectivity index (χ1n) is 9.74. The standard InChI is InChI=1S/C20H26N2O12/c1-18(2,3)21-15(26)20(17(28)33-8)11(14(25)31-6)19(16(27)32-7)9(12(23)29-4)10(13(24)30-5)34-22(19)20/h11H,1-8H3,(H,21,26)/t11-,19-,20+/m1/s1. The van der Waals surface area contributed by atoms with Crippen LogP contribution in [0.15, 0.2) is 11.3 Å². The van der Waals surface area contributed by atoms with Gasteiger partial charge in [0.1, 0.15) is 11.5 Å². The molecule has 2 aliphatic rings. The molecule has 0 radical (unpaired) electrons. The molecule has 0 saturated carbocycles. The Hall–Kier alpha value is -3.68. The van der Waals surface area contributed by atoms with E-state index >= 15 is 0 Å². The van der Waals surface area contributed by atoms with Crippen molar-refractivity contribution in [1.82, 2.24) is 10.4 Å². The molecular weight excluding hydrogens is 460 g/mol. The molecule has 1 saturated heterocycles. The summed E-state index contributed by atoms with van der Waals surface area (Å²) in [5.41, 5.74) is -7.14. The number of hydroxylamine groups is 2. The SMILES string of the molecule is COC(=O)C1=C(C(=O)OC)[C@]2(C(=O)OC)[C@@H](C(=O)OC)[C@](C(=O)NC(C)(C)C)(C(=O)OC)N2O1. The van der Waals surface area contributed by atoms with E-state index in [0.29, 0.717) is 5.06 Å². The molecule has 0 aromatic carbocycles. The van der Waals surface area contributed by atoms with Gasteiger partial charge >= 0.3 is 29.8 Å². The highest BCUT2D eigenvalue weighted by atomic mass is 16.7. The van der Waals surface area contributed by atoms with E-state index in [1.807, 2.05) is 0 Å². The Morgan fingerprint density at radius 2 is 1.35 bits per heavy atom. The molecule has 188 valence electrons. The van der Waals surface area contributed by atoms with Crippen LogP contribution in [0, 0.1) is 5.92 Å². The van der Waals surface area contributed by atoms with Crippen LogP contribution >= 0.6 is 0 Å². The van der Waals surface area contributed by atoms with Crippen molar-refractivity contribution in [3.05, 3.63) is 11.3 Å². The van der Waals surface area contributed by atoms with Gasteiger partial charge in [-0.25, -0.2) is 19.2 Å². The molecule has 0 aliphatic carbocycles. The Balaban J connectivity index is 3.01. The highest BCUT2D eigenvalue weighted by Gasteiger charge is 2.90. The Morgan fingerprint density at radius 3 is 1.76 bits per heavy atom. The number of hydrogen-bond donors (Lipinski definition) is 1. The smallest absolute Gasteiger partial charge is 0.376 e. The van der Waals surface area contributed by atoms with Crippen LogP contribution in [-0.4, -0.2) is 93.0 Å². The highest BCUT2D eigenvalue weighted by molar-refractivity contribution is 6.20. The van der Waals surface area contributed by atoms with Gasteiger partial charge in [0.2, 0.25) is 16.8 Å². The summed E-state index contributed by atoms with van der Waals surface area (Å²) < 4.78 is 23.7. The summed E-state index contributed by atoms with van der Waals surface area (Å²) in [7, 11) is 4.66. The maximum Gasteiger partial charge on any atom is 0.376 e. The van der Waals surface area contributed by atoms with Gasteiger partial charge in [0.05, 0.1) is 35.5 Å². The lowest BCUT2D eigenvalue weighted by molar-refractivity contribution is -0.309. The van der Waals surface area contributed by atoms with Crippen LogP contribution in [0.2, 0.25) is 0 Å². The fourth-order valence-electron chi connectivity index (χ4n) is 4.06. The van der Waals surface area contributed by atoms with Crippen LogP contribution in [0.5, 0.6) is 0 Å². The molecule has 1 N–H and O–H groups in total. The van der Waals surface area contributed by atoms with E-state index in [9.17, 15) is 28.8 Å². The van der Waals surface area contributed by atoms with E-state index in [1.54, 1.807) is 20.8 Å². The van der Waals surface area contributed by atoms with Crippen molar-refractivity contribution in [2.75, 3.05) is 35.5 Å². The summed E-state index contributed by atoms with van der Waals surface area (Å²) >= 11 is 0. The molecule has 1 amide bonds. The molecule has 0 unspecified atom stereocenters. The summed E-state index contributed by atoms with van der Waals surface area (Å²) in [6, 6.07) is 0. The summed E-state index contributed by atoms with van der Waals surface area (Å²) in [6.07, 6.45) is 0. The molecule has 0 spiro atoms. The minimum absolute atomic E-state index is 0.416. The van der Waals surface area contributed by atoms with Crippen molar-refractivity contribution < 1.29 is 57.3 Å². The Labute approximate surface area is 194 Å². The number of fused-ring (bicyclic) bond motifs is 1. The third kappa shape index (κ3) is 3.36. The number of nitrogens with one attached hydrogen (secondary N) is 1. The average Bonchev–Trinajstić information content (AvgIpc) is 3.08. The third-order valence-corrected chi connectivity index (χ3v) is 5.29. The summed E-state index contributed by atoms with van der Waals surface area (Å²) in [6.45, 7) is 4.74. The zero-order valence-electron chi connectivity index (χ0n) is 19.9. The zero-order chi connectivity index (χ0) is 26.2. The fraction of sp³-hybridized carbons (Fsp3) is 0.600. The number of rotatable bonds is 6. The molecule has 2 heterocycles. The van der Waals surface area contributed by atoms with Crippen molar-refractivity contribution >= 4 is 35.8 Å². The lowest BCUT2D eigenvalue weighted by atomic mass is 9.57. The fourth-order valence-corrected chi connectivity index (χ4v) is 4.06. The molecule has 2 rings (SSSR count). The number of ether oxygens (including phenoxy) is 5. The zero-order valence-corrected chi connectivity index (χ0v) is 19.9. The van der Waals surface area contributed by atoms with E-state index in [0.717, 1.165) is 35.5 Å². The van der Waals surface area contributed by atoms with Crippen molar-refractivity contribution in [3.63, 3.8) is 0 Å². The molecule has 14 nitrogen and oxygen atoms in total. The highest BCUT2D eigenvalue weighted by Crippen LogP contribution is 2.61. The van der Waals surface area contributed by atoms with E-state index in [2.05, 4.69) is 10.1 Å².